The van der Waals surface area contributed by atoms with Crippen molar-refractivity contribution in [2.24, 2.45) is 0 Å². The average molecular weight is 249 g/mol. The van der Waals surface area contributed by atoms with Crippen LogP contribution in [0.15, 0.2) is 30.9 Å². The Morgan fingerprint density at radius 1 is 1.39 bits per heavy atom. The lowest BCUT2D eigenvalue weighted by molar-refractivity contribution is 0.0696. The molecule has 0 unspecified atom stereocenters. The number of rotatable bonds is 5. The summed E-state index contributed by atoms with van der Waals surface area (Å²) in [5.41, 5.74) is 0.292. The maximum atomic E-state index is 12.0. The van der Waals surface area contributed by atoms with Gasteiger partial charge in [-0.2, -0.15) is 0 Å². The van der Waals surface area contributed by atoms with E-state index in [0.29, 0.717) is 12.3 Å². The number of hydrogen-bond acceptors (Lipinski definition) is 3. The topological polar surface area (TPSA) is 66.8 Å². The SMILES string of the molecule is C=CCN(C)C(=O)c1cc(OC)cc(C(=O)O)c1. The number of ether oxygens (including phenoxy) is 1. The number of carboxylic acids is 1. The summed E-state index contributed by atoms with van der Waals surface area (Å²) in [6, 6.07) is 4.20. The van der Waals surface area contributed by atoms with E-state index in [1.807, 2.05) is 0 Å². The van der Waals surface area contributed by atoms with Crippen LogP contribution in [-0.2, 0) is 0 Å². The summed E-state index contributed by atoms with van der Waals surface area (Å²) in [7, 11) is 3.03. The number of carboxylic acid groups (broad SMARTS) is 1. The third-order valence-electron chi connectivity index (χ3n) is 2.39. The summed E-state index contributed by atoms with van der Waals surface area (Å²) in [6.07, 6.45) is 1.59. The number of methoxy groups -OCH3 is 1. The summed E-state index contributed by atoms with van der Waals surface area (Å²) in [5, 5.41) is 8.96. The van der Waals surface area contributed by atoms with Crippen LogP contribution in [0, 0.1) is 0 Å². The highest BCUT2D eigenvalue weighted by Gasteiger charge is 2.15. The fraction of sp³-hybridized carbons (Fsp3) is 0.231. The predicted octanol–water partition coefficient (Wildman–Crippen LogP) is 1.65. The van der Waals surface area contributed by atoms with Gasteiger partial charge in [-0.1, -0.05) is 6.08 Å². The minimum Gasteiger partial charge on any atom is -0.497 e. The molecule has 1 aromatic carbocycles. The maximum Gasteiger partial charge on any atom is 0.335 e. The van der Waals surface area contributed by atoms with Gasteiger partial charge < -0.3 is 14.7 Å². The summed E-state index contributed by atoms with van der Waals surface area (Å²) < 4.78 is 4.98. The van der Waals surface area contributed by atoms with Crippen molar-refractivity contribution < 1.29 is 19.4 Å². The van der Waals surface area contributed by atoms with E-state index in [0.717, 1.165) is 0 Å². The smallest absolute Gasteiger partial charge is 0.335 e. The predicted molar refractivity (Wildman–Crippen MR) is 67.1 cm³/mol. The Balaban J connectivity index is 3.15. The highest BCUT2D eigenvalue weighted by molar-refractivity contribution is 5.98. The number of amides is 1. The molecule has 1 amide bonds. The molecule has 0 spiro atoms. The molecular formula is C13H15NO4. The van der Waals surface area contributed by atoms with Crippen LogP contribution in [0.5, 0.6) is 5.75 Å². The number of nitrogens with zero attached hydrogens (tertiary/aromatic N) is 1. The molecule has 0 saturated heterocycles. The Labute approximate surface area is 105 Å². The van der Waals surface area contributed by atoms with Crippen molar-refractivity contribution in [1.82, 2.24) is 4.90 Å². The van der Waals surface area contributed by atoms with Gasteiger partial charge in [0.1, 0.15) is 5.75 Å². The van der Waals surface area contributed by atoms with Gasteiger partial charge in [0.05, 0.1) is 12.7 Å². The number of carbonyl (C=O) groups excluding carboxylic acids is 1. The zero-order valence-electron chi connectivity index (χ0n) is 10.3. The molecule has 0 heterocycles. The first-order valence-electron chi connectivity index (χ1n) is 5.28. The largest absolute Gasteiger partial charge is 0.497 e. The van der Waals surface area contributed by atoms with Crippen molar-refractivity contribution in [3.05, 3.63) is 42.0 Å². The molecule has 0 bridgehead atoms. The average Bonchev–Trinajstić information content (AvgIpc) is 2.37. The van der Waals surface area contributed by atoms with Crippen LogP contribution in [0.3, 0.4) is 0 Å². The molecule has 0 atom stereocenters. The van der Waals surface area contributed by atoms with Crippen LogP contribution in [0.1, 0.15) is 20.7 Å². The highest BCUT2D eigenvalue weighted by atomic mass is 16.5. The number of aromatic carboxylic acids is 1. The second-order valence-corrected chi connectivity index (χ2v) is 3.73. The van der Waals surface area contributed by atoms with Gasteiger partial charge in [0.15, 0.2) is 0 Å². The van der Waals surface area contributed by atoms with E-state index in [9.17, 15) is 9.59 Å². The minimum absolute atomic E-state index is 0.0182. The normalized spacial score (nSPS) is 9.67. The van der Waals surface area contributed by atoms with Gasteiger partial charge in [0.2, 0.25) is 0 Å². The zero-order chi connectivity index (χ0) is 13.7. The van der Waals surface area contributed by atoms with Crippen LogP contribution < -0.4 is 4.74 Å². The number of carbonyl (C=O) groups is 2. The molecular weight excluding hydrogens is 234 g/mol. The van der Waals surface area contributed by atoms with E-state index in [1.165, 1.54) is 30.2 Å². The molecule has 1 aromatic rings. The minimum atomic E-state index is -1.10. The fourth-order valence-corrected chi connectivity index (χ4v) is 1.46. The van der Waals surface area contributed by atoms with Gasteiger partial charge >= 0.3 is 5.97 Å². The maximum absolute atomic E-state index is 12.0. The molecule has 0 aliphatic rings. The Morgan fingerprint density at radius 3 is 2.50 bits per heavy atom. The Hall–Kier alpha value is -2.30. The lowest BCUT2D eigenvalue weighted by Crippen LogP contribution is -2.26. The van der Waals surface area contributed by atoms with Gasteiger partial charge in [-0.3, -0.25) is 4.79 Å². The van der Waals surface area contributed by atoms with E-state index < -0.39 is 5.97 Å². The molecule has 0 radical (unpaired) electrons. The van der Waals surface area contributed by atoms with Gasteiger partial charge in [-0.05, 0) is 18.2 Å². The van der Waals surface area contributed by atoms with Crippen LogP contribution in [0.4, 0.5) is 0 Å². The molecule has 0 aliphatic carbocycles. The first-order valence-corrected chi connectivity index (χ1v) is 5.28. The molecule has 0 aromatic heterocycles. The summed E-state index contributed by atoms with van der Waals surface area (Å²) in [5.74, 6) is -1.05. The van der Waals surface area contributed by atoms with Gasteiger partial charge in [-0.25, -0.2) is 4.79 Å². The van der Waals surface area contributed by atoms with Crippen molar-refractivity contribution in [3.63, 3.8) is 0 Å². The van der Waals surface area contributed by atoms with Crippen molar-refractivity contribution in [2.75, 3.05) is 20.7 Å². The van der Waals surface area contributed by atoms with E-state index >= 15 is 0 Å². The second-order valence-electron chi connectivity index (χ2n) is 3.73. The van der Waals surface area contributed by atoms with E-state index in [2.05, 4.69) is 6.58 Å². The number of benzene rings is 1. The highest BCUT2D eigenvalue weighted by Crippen LogP contribution is 2.18. The van der Waals surface area contributed by atoms with Gasteiger partial charge in [-0.15, -0.1) is 6.58 Å². The molecule has 5 heteroatoms. The Kier molecular flexibility index (Phi) is 4.48. The molecule has 5 nitrogen and oxygen atoms in total. The second kappa shape index (κ2) is 5.86. The van der Waals surface area contributed by atoms with Crippen molar-refractivity contribution in [3.8, 4) is 5.75 Å². The lowest BCUT2D eigenvalue weighted by atomic mass is 10.1. The van der Waals surface area contributed by atoms with E-state index in [1.54, 1.807) is 13.1 Å². The fourth-order valence-electron chi connectivity index (χ4n) is 1.46. The molecule has 0 aliphatic heterocycles. The Morgan fingerprint density at radius 2 is 2.00 bits per heavy atom. The number of hydrogen-bond donors (Lipinski definition) is 1. The molecule has 96 valence electrons. The van der Waals surface area contributed by atoms with Crippen molar-refractivity contribution in [2.45, 2.75) is 0 Å². The molecule has 1 rings (SSSR count). The third-order valence-corrected chi connectivity index (χ3v) is 2.39. The van der Waals surface area contributed by atoms with Crippen LogP contribution >= 0.6 is 0 Å². The van der Waals surface area contributed by atoms with Crippen LogP contribution in [-0.4, -0.2) is 42.6 Å². The molecule has 0 fully saturated rings. The number of likely N-dealkylation sites (N-methyl/N-ethyl adjacent to an activating group) is 1. The summed E-state index contributed by atoms with van der Waals surface area (Å²) in [4.78, 5) is 24.4. The summed E-state index contributed by atoms with van der Waals surface area (Å²) >= 11 is 0. The molecule has 1 N–H and O–H groups in total. The van der Waals surface area contributed by atoms with Crippen LogP contribution in [0.2, 0.25) is 0 Å². The van der Waals surface area contributed by atoms with Gasteiger partial charge in [0, 0.05) is 19.2 Å². The standard InChI is InChI=1S/C13H15NO4/c1-4-5-14(2)12(15)9-6-10(13(16)17)8-11(7-9)18-3/h4,6-8H,1,5H2,2-3H3,(H,16,17). The van der Waals surface area contributed by atoms with E-state index in [-0.39, 0.29) is 17.0 Å². The van der Waals surface area contributed by atoms with Crippen LogP contribution in [0.25, 0.3) is 0 Å². The lowest BCUT2D eigenvalue weighted by Gasteiger charge is -2.15. The summed E-state index contributed by atoms with van der Waals surface area (Å²) in [6.45, 7) is 3.93. The quantitative estimate of drug-likeness (QED) is 0.806. The van der Waals surface area contributed by atoms with Crippen molar-refractivity contribution in [1.29, 1.82) is 0 Å². The van der Waals surface area contributed by atoms with E-state index in [4.69, 9.17) is 9.84 Å². The van der Waals surface area contributed by atoms with Crippen molar-refractivity contribution >= 4 is 11.9 Å². The molecule has 18 heavy (non-hydrogen) atoms. The Bertz CT molecular complexity index is 482. The molecule has 0 saturated carbocycles. The van der Waals surface area contributed by atoms with Gasteiger partial charge in [0.25, 0.3) is 5.91 Å². The first-order chi connectivity index (χ1) is 8.49. The third kappa shape index (κ3) is 3.10. The monoisotopic (exact) mass is 249 g/mol. The zero-order valence-corrected chi connectivity index (χ0v) is 10.3. The first kappa shape index (κ1) is 13.8.